The third-order valence-electron chi connectivity index (χ3n) is 2.37. The Morgan fingerprint density at radius 1 is 0.800 bits per heavy atom. The number of hydrogen-bond donors (Lipinski definition) is 1. The molecule has 0 aromatic heterocycles. The van der Waals surface area contributed by atoms with Gasteiger partial charge in [0.2, 0.25) is 0 Å². The lowest BCUT2D eigenvalue weighted by Crippen LogP contribution is -1.99. The van der Waals surface area contributed by atoms with Crippen molar-refractivity contribution in [1.29, 1.82) is 0 Å². The van der Waals surface area contributed by atoms with Crippen molar-refractivity contribution in [3.05, 3.63) is 0 Å². The van der Waals surface area contributed by atoms with E-state index in [1.54, 1.807) is 0 Å². The van der Waals surface area contributed by atoms with E-state index in [-0.39, 0.29) is 0 Å². The van der Waals surface area contributed by atoms with Crippen LogP contribution in [0.25, 0.3) is 0 Å². The second-order valence-corrected chi connectivity index (χ2v) is 5.21. The Hall–Kier alpha value is -0.0400. The standard InChI is InChI=1S/C8H18.C6H15N/c1-4-5-6-7-8(2)3;1-6(2)4-3-5-7/h8H,4-7H2,1-3H3;6H,3-5,7H2,1-2H3. The van der Waals surface area contributed by atoms with E-state index < -0.39 is 0 Å². The summed E-state index contributed by atoms with van der Waals surface area (Å²) in [6.45, 7) is 12.1. The quantitative estimate of drug-likeness (QED) is 0.617. The molecule has 0 spiro atoms. The molecule has 2 N–H and O–H groups in total. The Bertz CT molecular complexity index is 97.5. The molecular formula is C14H33N. The molecule has 0 aromatic rings. The van der Waals surface area contributed by atoms with Crippen molar-refractivity contribution in [2.24, 2.45) is 17.6 Å². The fourth-order valence-electron chi connectivity index (χ4n) is 1.33. The Morgan fingerprint density at radius 3 is 1.53 bits per heavy atom. The van der Waals surface area contributed by atoms with E-state index in [4.69, 9.17) is 5.73 Å². The van der Waals surface area contributed by atoms with Crippen LogP contribution in [0.5, 0.6) is 0 Å². The number of rotatable bonds is 7. The van der Waals surface area contributed by atoms with Gasteiger partial charge in [-0.1, -0.05) is 60.3 Å². The molecule has 15 heavy (non-hydrogen) atoms. The van der Waals surface area contributed by atoms with Gasteiger partial charge in [-0.25, -0.2) is 0 Å². The minimum atomic E-state index is 0.823. The first-order valence-corrected chi connectivity index (χ1v) is 6.74. The molecule has 0 aliphatic carbocycles. The molecule has 0 unspecified atom stereocenters. The molecule has 0 saturated heterocycles. The molecule has 0 aliphatic rings. The van der Waals surface area contributed by atoms with Crippen LogP contribution < -0.4 is 5.73 Å². The molecule has 0 rings (SSSR count). The summed E-state index contributed by atoms with van der Waals surface area (Å²) < 4.78 is 0. The smallest absolute Gasteiger partial charge is 0.00772 e. The van der Waals surface area contributed by atoms with Gasteiger partial charge in [0.25, 0.3) is 0 Å². The highest BCUT2D eigenvalue weighted by molar-refractivity contribution is 4.45. The summed E-state index contributed by atoms with van der Waals surface area (Å²) in [6, 6.07) is 0. The lowest BCUT2D eigenvalue weighted by molar-refractivity contribution is 0.534. The summed E-state index contributed by atoms with van der Waals surface area (Å²) >= 11 is 0. The van der Waals surface area contributed by atoms with Crippen LogP contribution in [0.4, 0.5) is 0 Å². The average molecular weight is 215 g/mol. The van der Waals surface area contributed by atoms with E-state index in [0.29, 0.717) is 0 Å². The molecular weight excluding hydrogens is 182 g/mol. The second kappa shape index (κ2) is 14.0. The molecule has 0 heterocycles. The zero-order chi connectivity index (χ0) is 12.1. The molecule has 0 atom stereocenters. The first kappa shape index (κ1) is 17.4. The van der Waals surface area contributed by atoms with Gasteiger partial charge in [0.1, 0.15) is 0 Å². The van der Waals surface area contributed by atoms with Crippen LogP contribution in [0.1, 0.15) is 73.1 Å². The largest absolute Gasteiger partial charge is 0.330 e. The molecule has 0 radical (unpaired) electrons. The van der Waals surface area contributed by atoms with Gasteiger partial charge in [0.05, 0.1) is 0 Å². The average Bonchev–Trinajstić information content (AvgIpc) is 2.15. The lowest BCUT2D eigenvalue weighted by Gasteiger charge is -2.00. The molecule has 0 bridgehead atoms. The van der Waals surface area contributed by atoms with E-state index in [9.17, 15) is 0 Å². The van der Waals surface area contributed by atoms with E-state index >= 15 is 0 Å². The van der Waals surface area contributed by atoms with Crippen molar-refractivity contribution in [3.63, 3.8) is 0 Å². The molecule has 0 saturated carbocycles. The highest BCUT2D eigenvalue weighted by Crippen LogP contribution is 2.06. The van der Waals surface area contributed by atoms with Crippen molar-refractivity contribution < 1.29 is 0 Å². The van der Waals surface area contributed by atoms with Crippen LogP contribution >= 0.6 is 0 Å². The number of hydrogen-bond acceptors (Lipinski definition) is 1. The SMILES string of the molecule is CC(C)CCCN.CCCCCC(C)C. The highest BCUT2D eigenvalue weighted by atomic mass is 14.5. The van der Waals surface area contributed by atoms with E-state index in [1.165, 1.54) is 38.5 Å². The second-order valence-electron chi connectivity index (χ2n) is 5.21. The van der Waals surface area contributed by atoms with Crippen LogP contribution in [0.2, 0.25) is 0 Å². The van der Waals surface area contributed by atoms with Gasteiger partial charge in [-0.05, 0) is 31.2 Å². The topological polar surface area (TPSA) is 26.0 Å². The van der Waals surface area contributed by atoms with E-state index in [2.05, 4.69) is 34.6 Å². The van der Waals surface area contributed by atoms with Gasteiger partial charge < -0.3 is 5.73 Å². The van der Waals surface area contributed by atoms with Crippen LogP contribution in [0.3, 0.4) is 0 Å². The highest BCUT2D eigenvalue weighted by Gasteiger charge is 1.90. The van der Waals surface area contributed by atoms with Gasteiger partial charge in [-0.3, -0.25) is 0 Å². The predicted molar refractivity (Wildman–Crippen MR) is 72.1 cm³/mol. The third kappa shape index (κ3) is 24.9. The van der Waals surface area contributed by atoms with Crippen molar-refractivity contribution >= 4 is 0 Å². The van der Waals surface area contributed by atoms with Crippen molar-refractivity contribution in [2.75, 3.05) is 6.54 Å². The lowest BCUT2D eigenvalue weighted by atomic mass is 10.1. The van der Waals surface area contributed by atoms with E-state index in [1.807, 2.05) is 0 Å². The van der Waals surface area contributed by atoms with Crippen LogP contribution in [0, 0.1) is 11.8 Å². The van der Waals surface area contributed by atoms with Gasteiger partial charge >= 0.3 is 0 Å². The zero-order valence-corrected chi connectivity index (χ0v) is 11.7. The summed E-state index contributed by atoms with van der Waals surface area (Å²) in [4.78, 5) is 0. The van der Waals surface area contributed by atoms with Gasteiger partial charge in [-0.2, -0.15) is 0 Å². The van der Waals surface area contributed by atoms with Crippen LogP contribution in [0.15, 0.2) is 0 Å². The summed E-state index contributed by atoms with van der Waals surface area (Å²) in [7, 11) is 0. The molecule has 1 heteroatoms. The monoisotopic (exact) mass is 215 g/mol. The number of nitrogens with two attached hydrogens (primary N) is 1. The molecule has 0 amide bonds. The molecule has 0 fully saturated rings. The summed E-state index contributed by atoms with van der Waals surface area (Å²) in [5, 5.41) is 0. The van der Waals surface area contributed by atoms with Crippen molar-refractivity contribution in [3.8, 4) is 0 Å². The van der Waals surface area contributed by atoms with Crippen LogP contribution in [-0.2, 0) is 0 Å². The normalized spacial score (nSPS) is 10.4. The maximum absolute atomic E-state index is 5.28. The minimum absolute atomic E-state index is 0.823. The van der Waals surface area contributed by atoms with Gasteiger partial charge in [0, 0.05) is 0 Å². The molecule has 1 nitrogen and oxygen atoms in total. The van der Waals surface area contributed by atoms with Gasteiger partial charge in [-0.15, -0.1) is 0 Å². The minimum Gasteiger partial charge on any atom is -0.330 e. The Kier molecular flexibility index (Phi) is 16.2. The summed E-state index contributed by atoms with van der Waals surface area (Å²) in [6.07, 6.45) is 8.06. The van der Waals surface area contributed by atoms with Crippen LogP contribution in [-0.4, -0.2) is 6.54 Å². The fourth-order valence-corrected chi connectivity index (χ4v) is 1.33. The Balaban J connectivity index is 0. The Labute approximate surface area is 97.8 Å². The molecule has 94 valence electrons. The van der Waals surface area contributed by atoms with Crippen molar-refractivity contribution in [2.45, 2.75) is 73.1 Å². The van der Waals surface area contributed by atoms with Crippen molar-refractivity contribution in [1.82, 2.24) is 0 Å². The third-order valence-corrected chi connectivity index (χ3v) is 2.37. The molecule has 0 aliphatic heterocycles. The summed E-state index contributed by atoms with van der Waals surface area (Å²) in [5.41, 5.74) is 5.28. The maximum Gasteiger partial charge on any atom is -0.00772 e. The zero-order valence-electron chi connectivity index (χ0n) is 11.7. The fraction of sp³-hybridized carbons (Fsp3) is 1.00. The maximum atomic E-state index is 5.28. The van der Waals surface area contributed by atoms with E-state index in [0.717, 1.165) is 18.4 Å². The first-order chi connectivity index (χ1) is 7.04. The summed E-state index contributed by atoms with van der Waals surface area (Å²) in [5.74, 6) is 1.73. The predicted octanol–water partition coefficient (Wildman–Crippen LogP) is 4.60. The Morgan fingerprint density at radius 2 is 1.27 bits per heavy atom. The first-order valence-electron chi connectivity index (χ1n) is 6.74. The van der Waals surface area contributed by atoms with Gasteiger partial charge in [0.15, 0.2) is 0 Å². The molecule has 0 aromatic carbocycles. The number of unbranched alkanes of at least 4 members (excludes halogenated alkanes) is 2.